The molecule has 1 rings (SSSR count). The molecule has 1 fully saturated rings. The number of carbonyl (C=O) groups excluding carboxylic acids is 1. The second-order valence-electron chi connectivity index (χ2n) is 4.52. The number of rotatable bonds is 2. The van der Waals surface area contributed by atoms with Crippen molar-refractivity contribution in [3.8, 4) is 0 Å². The van der Waals surface area contributed by atoms with Gasteiger partial charge in [-0.15, -0.1) is 0 Å². The second-order valence-corrected chi connectivity index (χ2v) is 4.52. The van der Waals surface area contributed by atoms with Crippen molar-refractivity contribution < 1.29 is 9.53 Å². The molecule has 0 N–H and O–H groups in total. The lowest BCUT2D eigenvalue weighted by molar-refractivity contribution is -0.172. The van der Waals surface area contributed by atoms with Gasteiger partial charge in [-0.3, -0.25) is 4.79 Å². The van der Waals surface area contributed by atoms with Gasteiger partial charge in [-0.1, -0.05) is 34.1 Å². The Bertz CT molecular complexity index is 178. The molecule has 0 aliphatic carbocycles. The van der Waals surface area contributed by atoms with Crippen LogP contribution in [-0.2, 0) is 9.53 Å². The predicted octanol–water partition coefficient (Wildman–Crippen LogP) is 2.76. The van der Waals surface area contributed by atoms with Crippen molar-refractivity contribution in [2.24, 2.45) is 11.3 Å². The predicted molar refractivity (Wildman–Crippen MR) is 52.4 cm³/mol. The molecule has 1 heterocycles. The van der Waals surface area contributed by atoms with Crippen LogP contribution >= 0.6 is 0 Å². The molecule has 0 radical (unpaired) electrons. The van der Waals surface area contributed by atoms with Crippen LogP contribution in [-0.4, -0.2) is 12.1 Å². The Morgan fingerprint density at radius 1 is 1.38 bits per heavy atom. The molecule has 2 unspecified atom stereocenters. The van der Waals surface area contributed by atoms with E-state index in [9.17, 15) is 4.79 Å². The SMILES string of the molecule is CCC1CC(=O)OC(CC)C1(C)C. The van der Waals surface area contributed by atoms with E-state index in [0.29, 0.717) is 12.3 Å². The third-order valence-electron chi connectivity index (χ3n) is 3.43. The van der Waals surface area contributed by atoms with E-state index in [0.717, 1.165) is 12.8 Å². The molecule has 13 heavy (non-hydrogen) atoms. The number of hydrogen-bond donors (Lipinski definition) is 0. The highest BCUT2D eigenvalue weighted by atomic mass is 16.5. The zero-order chi connectivity index (χ0) is 10.1. The summed E-state index contributed by atoms with van der Waals surface area (Å²) in [4.78, 5) is 11.3. The van der Waals surface area contributed by atoms with E-state index in [2.05, 4.69) is 27.7 Å². The van der Waals surface area contributed by atoms with E-state index >= 15 is 0 Å². The lowest BCUT2D eigenvalue weighted by Gasteiger charge is -2.43. The van der Waals surface area contributed by atoms with Gasteiger partial charge in [-0.2, -0.15) is 0 Å². The van der Waals surface area contributed by atoms with Gasteiger partial charge >= 0.3 is 5.97 Å². The Kier molecular flexibility index (Phi) is 2.99. The van der Waals surface area contributed by atoms with Gasteiger partial charge in [0.25, 0.3) is 0 Å². The van der Waals surface area contributed by atoms with Crippen LogP contribution in [0.15, 0.2) is 0 Å². The van der Waals surface area contributed by atoms with E-state index in [1.54, 1.807) is 0 Å². The first kappa shape index (κ1) is 10.6. The Morgan fingerprint density at radius 3 is 2.46 bits per heavy atom. The van der Waals surface area contributed by atoms with Crippen LogP contribution in [0.5, 0.6) is 0 Å². The standard InChI is InChI=1S/C11H20O2/c1-5-8-7-10(12)13-9(6-2)11(8,3)4/h8-9H,5-7H2,1-4H3. The van der Waals surface area contributed by atoms with Crippen molar-refractivity contribution in [1.29, 1.82) is 0 Å². The van der Waals surface area contributed by atoms with Crippen molar-refractivity contribution in [2.75, 3.05) is 0 Å². The maximum atomic E-state index is 11.3. The molecular weight excluding hydrogens is 164 g/mol. The van der Waals surface area contributed by atoms with Gasteiger partial charge in [0.05, 0.1) is 0 Å². The zero-order valence-electron chi connectivity index (χ0n) is 9.09. The van der Waals surface area contributed by atoms with Crippen molar-refractivity contribution in [3.63, 3.8) is 0 Å². The smallest absolute Gasteiger partial charge is 0.306 e. The Morgan fingerprint density at radius 2 is 2.00 bits per heavy atom. The minimum absolute atomic E-state index is 0.0157. The first-order valence-electron chi connectivity index (χ1n) is 5.21. The molecule has 0 aromatic carbocycles. The first-order valence-corrected chi connectivity index (χ1v) is 5.21. The highest BCUT2D eigenvalue weighted by molar-refractivity contribution is 5.71. The first-order chi connectivity index (χ1) is 6.02. The van der Waals surface area contributed by atoms with Crippen LogP contribution in [0.1, 0.15) is 47.0 Å². The lowest BCUT2D eigenvalue weighted by atomic mass is 9.69. The highest BCUT2D eigenvalue weighted by Crippen LogP contribution is 2.42. The number of ether oxygens (including phenoxy) is 1. The number of esters is 1. The number of cyclic esters (lactones) is 1. The summed E-state index contributed by atoms with van der Waals surface area (Å²) in [5, 5.41) is 0. The van der Waals surface area contributed by atoms with Crippen molar-refractivity contribution in [2.45, 2.75) is 53.1 Å². The van der Waals surface area contributed by atoms with Gasteiger partial charge in [0.1, 0.15) is 6.10 Å². The quantitative estimate of drug-likeness (QED) is 0.617. The Balaban J connectivity index is 2.80. The Hall–Kier alpha value is -0.530. The summed E-state index contributed by atoms with van der Waals surface area (Å²) in [7, 11) is 0. The molecule has 2 nitrogen and oxygen atoms in total. The van der Waals surface area contributed by atoms with E-state index in [1.807, 2.05) is 0 Å². The number of carbonyl (C=O) groups is 1. The molecule has 2 atom stereocenters. The average molecular weight is 184 g/mol. The van der Waals surface area contributed by atoms with Crippen molar-refractivity contribution in [1.82, 2.24) is 0 Å². The maximum Gasteiger partial charge on any atom is 0.306 e. The second kappa shape index (κ2) is 3.69. The summed E-state index contributed by atoms with van der Waals surface area (Å²) in [6, 6.07) is 0. The zero-order valence-corrected chi connectivity index (χ0v) is 9.09. The van der Waals surface area contributed by atoms with Gasteiger partial charge < -0.3 is 4.74 Å². The van der Waals surface area contributed by atoms with E-state index in [-0.39, 0.29) is 17.5 Å². The van der Waals surface area contributed by atoms with Crippen LogP contribution in [0.2, 0.25) is 0 Å². The van der Waals surface area contributed by atoms with Gasteiger partial charge in [-0.05, 0) is 12.3 Å². The molecule has 0 aromatic heterocycles. The summed E-state index contributed by atoms with van der Waals surface area (Å²) in [5.74, 6) is 0.469. The lowest BCUT2D eigenvalue weighted by Crippen LogP contribution is -2.45. The third kappa shape index (κ3) is 1.87. The largest absolute Gasteiger partial charge is 0.462 e. The topological polar surface area (TPSA) is 26.3 Å². The van der Waals surface area contributed by atoms with Crippen molar-refractivity contribution >= 4 is 5.97 Å². The van der Waals surface area contributed by atoms with Gasteiger partial charge in [-0.25, -0.2) is 0 Å². The third-order valence-corrected chi connectivity index (χ3v) is 3.43. The van der Waals surface area contributed by atoms with Crippen LogP contribution in [0.3, 0.4) is 0 Å². The maximum absolute atomic E-state index is 11.3. The minimum atomic E-state index is -0.0157. The molecule has 0 aromatic rings. The van der Waals surface area contributed by atoms with Crippen molar-refractivity contribution in [3.05, 3.63) is 0 Å². The summed E-state index contributed by atoms with van der Waals surface area (Å²) in [6.45, 7) is 8.65. The van der Waals surface area contributed by atoms with Crippen LogP contribution in [0, 0.1) is 11.3 Å². The molecule has 1 aliphatic rings. The summed E-state index contributed by atoms with van der Waals surface area (Å²) < 4.78 is 5.34. The summed E-state index contributed by atoms with van der Waals surface area (Å²) in [6.07, 6.45) is 2.70. The Labute approximate surface area is 80.7 Å². The molecule has 0 spiro atoms. The van der Waals surface area contributed by atoms with Gasteiger partial charge in [0.2, 0.25) is 0 Å². The fourth-order valence-corrected chi connectivity index (χ4v) is 2.37. The van der Waals surface area contributed by atoms with Gasteiger partial charge in [0, 0.05) is 11.8 Å². The molecule has 1 saturated heterocycles. The molecular formula is C11H20O2. The molecule has 1 aliphatic heterocycles. The monoisotopic (exact) mass is 184 g/mol. The number of hydrogen-bond acceptors (Lipinski definition) is 2. The molecule has 0 saturated carbocycles. The van der Waals surface area contributed by atoms with Crippen LogP contribution < -0.4 is 0 Å². The fraction of sp³-hybridized carbons (Fsp3) is 0.909. The van der Waals surface area contributed by atoms with Gasteiger partial charge in [0.15, 0.2) is 0 Å². The highest BCUT2D eigenvalue weighted by Gasteiger charge is 2.42. The average Bonchev–Trinajstić information content (AvgIpc) is 2.08. The van der Waals surface area contributed by atoms with E-state index in [4.69, 9.17) is 4.74 Å². The van der Waals surface area contributed by atoms with E-state index in [1.165, 1.54) is 0 Å². The molecule has 0 amide bonds. The normalized spacial score (nSPS) is 32.8. The van der Waals surface area contributed by atoms with Crippen LogP contribution in [0.4, 0.5) is 0 Å². The van der Waals surface area contributed by atoms with Crippen LogP contribution in [0.25, 0.3) is 0 Å². The minimum Gasteiger partial charge on any atom is -0.462 e. The molecule has 0 bridgehead atoms. The molecule has 2 heteroatoms. The fourth-order valence-electron chi connectivity index (χ4n) is 2.37. The summed E-state index contributed by atoms with van der Waals surface area (Å²) in [5.41, 5.74) is 0.150. The van der Waals surface area contributed by atoms with E-state index < -0.39 is 0 Å². The summed E-state index contributed by atoms with van der Waals surface area (Å²) >= 11 is 0. The molecule has 76 valence electrons.